The summed E-state index contributed by atoms with van der Waals surface area (Å²) in [5.74, 6) is -4.44. The summed E-state index contributed by atoms with van der Waals surface area (Å²) in [5.41, 5.74) is 0. The maximum absolute atomic E-state index is 13.2. The lowest BCUT2D eigenvalue weighted by Crippen LogP contribution is -2.27. The molecule has 0 heterocycles. The molecule has 0 atom stereocenters. The van der Waals surface area contributed by atoms with Crippen LogP contribution in [0.3, 0.4) is 0 Å². The molecule has 29 heavy (non-hydrogen) atoms. The van der Waals surface area contributed by atoms with E-state index < -0.39 is 44.6 Å². The van der Waals surface area contributed by atoms with Crippen LogP contribution in [0.1, 0.15) is 0 Å². The van der Waals surface area contributed by atoms with E-state index in [4.69, 9.17) is 4.18 Å². The molecule has 0 radical (unpaired) electrons. The average Bonchev–Trinajstić information content (AvgIpc) is 2.67. The Hall–Kier alpha value is -3.33. The molecule has 152 valence electrons. The van der Waals surface area contributed by atoms with E-state index in [1.54, 1.807) is 12.1 Å². The number of phenolic OH excluding ortho intramolecular Hbond substituents is 3. The summed E-state index contributed by atoms with van der Waals surface area (Å²) < 4.78 is 44.6. The molecule has 0 aliphatic heterocycles. The van der Waals surface area contributed by atoms with Gasteiger partial charge in [0.25, 0.3) is 0 Å². The topological polar surface area (TPSA) is 87.0 Å². The number of hydrogen-bond acceptors (Lipinski definition) is 5. The molecule has 0 unspecified atom stereocenters. The van der Waals surface area contributed by atoms with Gasteiger partial charge in [0.05, 0.1) is 0 Å². The minimum Gasteiger partial charge on any atom is -0.508 e. The quantitative estimate of drug-likeness (QED) is 0.542. The summed E-state index contributed by atoms with van der Waals surface area (Å²) in [7, 11) is -3.57. The Balaban J connectivity index is 2.43. The van der Waals surface area contributed by atoms with Crippen LogP contribution in [0.5, 0.6) is 17.2 Å². The lowest BCUT2D eigenvalue weighted by Gasteiger charge is -2.40. The molecule has 0 aliphatic rings. The number of alkyl halides is 3. The van der Waals surface area contributed by atoms with Crippen molar-refractivity contribution in [3.63, 3.8) is 0 Å². The van der Waals surface area contributed by atoms with Crippen LogP contribution in [-0.2, 0) is 8.98 Å². The van der Waals surface area contributed by atoms with Gasteiger partial charge in [-0.2, -0.15) is 13.2 Å². The molecular formula is C20H15F3O5S. The number of benzene rings is 3. The molecule has 0 aromatic heterocycles. The van der Waals surface area contributed by atoms with Crippen LogP contribution in [0.4, 0.5) is 13.2 Å². The van der Waals surface area contributed by atoms with Gasteiger partial charge >= 0.3 is 12.1 Å². The molecule has 3 aromatic carbocycles. The van der Waals surface area contributed by atoms with Crippen molar-refractivity contribution >= 4 is 16.3 Å². The van der Waals surface area contributed by atoms with Crippen LogP contribution in [0, 0.1) is 0 Å². The Kier molecular flexibility index (Phi) is 5.34. The first kappa shape index (κ1) is 20.4. The summed E-state index contributed by atoms with van der Waals surface area (Å²) in [6.07, 6.45) is -5.32. The lowest BCUT2D eigenvalue weighted by atomic mass is 10.3. The van der Waals surface area contributed by atoms with E-state index in [2.05, 4.69) is 0 Å². The second-order valence-corrected chi connectivity index (χ2v) is 8.49. The highest BCUT2D eigenvalue weighted by atomic mass is 32.3. The Morgan fingerprint density at radius 2 is 1.21 bits per heavy atom. The van der Waals surface area contributed by atoms with Crippen molar-refractivity contribution in [3.8, 4) is 17.2 Å². The number of rotatable bonds is 4. The molecule has 0 saturated carbocycles. The fourth-order valence-electron chi connectivity index (χ4n) is 2.77. The standard InChI is InChI=1S/C20H15F3O5S/c21-20(22,23)19(27)28-29(14-7-3-1-4-8-14,15-9-5-2-6-10-15)18-16(25)11-13(24)12-17(18)26/h1-12,24-26H. The molecule has 0 fully saturated rings. The van der Waals surface area contributed by atoms with Gasteiger partial charge in [-0.1, -0.05) is 36.4 Å². The first-order chi connectivity index (χ1) is 13.7. The highest BCUT2D eigenvalue weighted by molar-refractivity contribution is 8.30. The molecule has 3 N–H and O–H groups in total. The monoisotopic (exact) mass is 424 g/mol. The van der Waals surface area contributed by atoms with Gasteiger partial charge in [0.1, 0.15) is 22.1 Å². The highest BCUT2D eigenvalue weighted by Crippen LogP contribution is 2.73. The van der Waals surface area contributed by atoms with Gasteiger partial charge in [0.15, 0.2) is 0 Å². The molecule has 3 aromatic rings. The first-order valence-electron chi connectivity index (χ1n) is 8.15. The van der Waals surface area contributed by atoms with Gasteiger partial charge in [-0.05, 0) is 24.3 Å². The Morgan fingerprint density at radius 1 is 0.793 bits per heavy atom. The molecule has 0 saturated heterocycles. The van der Waals surface area contributed by atoms with E-state index in [9.17, 15) is 33.3 Å². The van der Waals surface area contributed by atoms with E-state index in [-0.39, 0.29) is 9.79 Å². The summed E-state index contributed by atoms with van der Waals surface area (Å²) in [5, 5.41) is 30.6. The Bertz CT molecular complexity index is 961. The SMILES string of the molecule is O=C(OS(c1ccccc1)(c1ccccc1)c1c(O)cc(O)cc1O)C(F)(F)F. The fraction of sp³-hybridized carbons (Fsp3) is 0.0500. The van der Waals surface area contributed by atoms with Gasteiger partial charge in [0.2, 0.25) is 0 Å². The van der Waals surface area contributed by atoms with Crippen LogP contribution < -0.4 is 0 Å². The zero-order chi connectivity index (χ0) is 21.2. The van der Waals surface area contributed by atoms with Crippen LogP contribution >= 0.6 is 10.3 Å². The van der Waals surface area contributed by atoms with E-state index in [0.717, 1.165) is 12.1 Å². The predicted octanol–water partition coefficient (Wildman–Crippen LogP) is 5.11. The van der Waals surface area contributed by atoms with Gasteiger partial charge in [0, 0.05) is 32.2 Å². The largest absolute Gasteiger partial charge is 0.508 e. The molecule has 0 bridgehead atoms. The number of halogens is 3. The van der Waals surface area contributed by atoms with Crippen LogP contribution in [0.2, 0.25) is 0 Å². The molecule has 9 heteroatoms. The third-order valence-corrected chi connectivity index (χ3v) is 7.17. The zero-order valence-electron chi connectivity index (χ0n) is 14.6. The molecule has 0 aliphatic carbocycles. The number of carbonyl (C=O) groups is 1. The van der Waals surface area contributed by atoms with Crippen molar-refractivity contribution in [2.45, 2.75) is 20.9 Å². The second-order valence-electron chi connectivity index (χ2n) is 5.86. The van der Waals surface area contributed by atoms with Crippen LogP contribution in [0.25, 0.3) is 0 Å². The third-order valence-electron chi connectivity index (χ3n) is 3.90. The average molecular weight is 424 g/mol. The maximum atomic E-state index is 13.2. The summed E-state index contributed by atoms with van der Waals surface area (Å²) in [6, 6.07) is 16.7. The van der Waals surface area contributed by atoms with E-state index in [0.29, 0.717) is 0 Å². The van der Waals surface area contributed by atoms with Gasteiger partial charge in [-0.15, -0.1) is 0 Å². The van der Waals surface area contributed by atoms with Gasteiger partial charge in [-0.3, -0.25) is 0 Å². The maximum Gasteiger partial charge on any atom is 0.491 e. The van der Waals surface area contributed by atoms with Crippen molar-refractivity contribution in [1.29, 1.82) is 0 Å². The van der Waals surface area contributed by atoms with E-state index in [1.165, 1.54) is 48.5 Å². The summed E-state index contributed by atoms with van der Waals surface area (Å²) in [6.45, 7) is 0. The highest BCUT2D eigenvalue weighted by Gasteiger charge is 2.48. The molecule has 5 nitrogen and oxygen atoms in total. The first-order valence-corrected chi connectivity index (χ1v) is 9.71. The minimum atomic E-state index is -5.32. The minimum absolute atomic E-state index is 0.125. The van der Waals surface area contributed by atoms with E-state index >= 15 is 0 Å². The summed E-state index contributed by atoms with van der Waals surface area (Å²) >= 11 is 0. The fourth-order valence-corrected chi connectivity index (χ4v) is 5.90. The molecular weight excluding hydrogens is 409 g/mol. The number of aromatic hydroxyl groups is 3. The van der Waals surface area contributed by atoms with Crippen LogP contribution in [0.15, 0.2) is 87.5 Å². The van der Waals surface area contributed by atoms with Gasteiger partial charge < -0.3 is 19.5 Å². The summed E-state index contributed by atoms with van der Waals surface area (Å²) in [4.78, 5) is 11.8. The van der Waals surface area contributed by atoms with Crippen LogP contribution in [-0.4, -0.2) is 27.5 Å². The van der Waals surface area contributed by atoms with Crippen molar-refractivity contribution in [3.05, 3.63) is 72.8 Å². The molecule has 0 amide bonds. The van der Waals surface area contributed by atoms with E-state index in [1.807, 2.05) is 0 Å². The lowest BCUT2D eigenvalue weighted by molar-refractivity contribution is -0.188. The Morgan fingerprint density at radius 3 is 1.59 bits per heavy atom. The van der Waals surface area contributed by atoms with Gasteiger partial charge in [-0.25, -0.2) is 4.79 Å². The third kappa shape index (κ3) is 3.81. The van der Waals surface area contributed by atoms with Crippen molar-refractivity contribution in [1.82, 2.24) is 0 Å². The van der Waals surface area contributed by atoms with Crippen molar-refractivity contribution in [2.75, 3.05) is 0 Å². The number of carbonyl (C=O) groups excluding carboxylic acids is 1. The zero-order valence-corrected chi connectivity index (χ0v) is 15.4. The number of hydrogen-bond donors (Lipinski definition) is 3. The molecule has 3 rings (SSSR count). The number of phenols is 3. The normalized spacial score (nSPS) is 12.4. The smallest absolute Gasteiger partial charge is 0.491 e. The molecule has 0 spiro atoms. The van der Waals surface area contributed by atoms with Crippen molar-refractivity contribution in [2.24, 2.45) is 0 Å². The van der Waals surface area contributed by atoms with Crippen molar-refractivity contribution < 1.29 is 37.5 Å². The predicted molar refractivity (Wildman–Crippen MR) is 98.9 cm³/mol. The second kappa shape index (κ2) is 7.59. The Labute approximate surface area is 165 Å².